The van der Waals surface area contributed by atoms with Crippen molar-refractivity contribution in [2.75, 3.05) is 6.54 Å². The average Bonchev–Trinajstić information content (AvgIpc) is 2.96. The van der Waals surface area contributed by atoms with Crippen molar-refractivity contribution in [1.82, 2.24) is 14.9 Å². The maximum Gasteiger partial charge on any atom is 0.110 e. The SMILES string of the molecule is Cc1ccccc1C(O)CNCc1cnc(C)n1-c1ccccc1. The van der Waals surface area contributed by atoms with Crippen molar-refractivity contribution in [3.8, 4) is 5.69 Å². The van der Waals surface area contributed by atoms with Crippen LogP contribution in [0.5, 0.6) is 0 Å². The van der Waals surface area contributed by atoms with Gasteiger partial charge in [0.1, 0.15) is 5.82 Å². The van der Waals surface area contributed by atoms with E-state index in [4.69, 9.17) is 0 Å². The van der Waals surface area contributed by atoms with Crippen molar-refractivity contribution in [1.29, 1.82) is 0 Å². The molecule has 0 saturated carbocycles. The summed E-state index contributed by atoms with van der Waals surface area (Å²) in [6, 6.07) is 18.1. The first kappa shape index (κ1) is 16.4. The highest BCUT2D eigenvalue weighted by molar-refractivity contribution is 5.35. The third-order valence-electron chi connectivity index (χ3n) is 4.22. The molecule has 4 nitrogen and oxygen atoms in total. The Morgan fingerprint density at radius 1 is 1.04 bits per heavy atom. The normalized spacial score (nSPS) is 12.3. The number of aliphatic hydroxyl groups excluding tert-OH is 1. The van der Waals surface area contributed by atoms with Crippen LogP contribution >= 0.6 is 0 Å². The standard InChI is InChI=1S/C20H23N3O/c1-15-8-6-7-11-19(15)20(24)14-21-12-18-13-22-16(2)23(18)17-9-4-3-5-10-17/h3-11,13,20-21,24H,12,14H2,1-2H3. The van der Waals surface area contributed by atoms with Crippen molar-refractivity contribution in [3.63, 3.8) is 0 Å². The van der Waals surface area contributed by atoms with Gasteiger partial charge in [-0.15, -0.1) is 0 Å². The van der Waals surface area contributed by atoms with Gasteiger partial charge in [0.15, 0.2) is 0 Å². The van der Waals surface area contributed by atoms with E-state index in [2.05, 4.69) is 27.0 Å². The fraction of sp³-hybridized carbons (Fsp3) is 0.250. The molecule has 4 heteroatoms. The lowest BCUT2D eigenvalue weighted by Gasteiger charge is -2.15. The van der Waals surface area contributed by atoms with Gasteiger partial charge in [-0.3, -0.25) is 4.57 Å². The Bertz CT molecular complexity index is 796. The lowest BCUT2D eigenvalue weighted by Crippen LogP contribution is -2.23. The molecule has 124 valence electrons. The highest BCUT2D eigenvalue weighted by atomic mass is 16.3. The number of hydrogen-bond acceptors (Lipinski definition) is 3. The molecule has 3 aromatic rings. The molecule has 1 heterocycles. The summed E-state index contributed by atoms with van der Waals surface area (Å²) < 4.78 is 2.13. The Hall–Kier alpha value is -2.43. The van der Waals surface area contributed by atoms with Gasteiger partial charge in [-0.25, -0.2) is 4.98 Å². The Kier molecular flexibility index (Phi) is 5.08. The predicted octanol–water partition coefficient (Wildman–Crippen LogP) is 3.31. The summed E-state index contributed by atoms with van der Waals surface area (Å²) in [4.78, 5) is 4.42. The Morgan fingerprint density at radius 2 is 1.75 bits per heavy atom. The number of aryl methyl sites for hydroxylation is 2. The molecule has 1 atom stereocenters. The summed E-state index contributed by atoms with van der Waals surface area (Å²) in [6.07, 6.45) is 1.37. The summed E-state index contributed by atoms with van der Waals surface area (Å²) in [5, 5.41) is 13.7. The summed E-state index contributed by atoms with van der Waals surface area (Å²) >= 11 is 0. The van der Waals surface area contributed by atoms with Crippen molar-refractivity contribution in [2.45, 2.75) is 26.5 Å². The summed E-state index contributed by atoms with van der Waals surface area (Å²) in [5.74, 6) is 0.956. The van der Waals surface area contributed by atoms with Crippen molar-refractivity contribution in [3.05, 3.63) is 83.4 Å². The van der Waals surface area contributed by atoms with E-state index in [0.29, 0.717) is 13.1 Å². The zero-order chi connectivity index (χ0) is 16.9. The fourth-order valence-corrected chi connectivity index (χ4v) is 2.95. The zero-order valence-electron chi connectivity index (χ0n) is 14.1. The van der Waals surface area contributed by atoms with Crippen LogP contribution in [-0.2, 0) is 6.54 Å². The molecule has 1 unspecified atom stereocenters. The second-order valence-corrected chi connectivity index (χ2v) is 5.97. The number of nitrogens with one attached hydrogen (secondary N) is 1. The number of para-hydroxylation sites is 1. The van der Waals surface area contributed by atoms with E-state index in [1.54, 1.807) is 0 Å². The predicted molar refractivity (Wildman–Crippen MR) is 96.1 cm³/mol. The van der Waals surface area contributed by atoms with Crippen LogP contribution in [0.25, 0.3) is 5.69 Å². The van der Waals surface area contributed by atoms with Crippen molar-refractivity contribution in [2.24, 2.45) is 0 Å². The zero-order valence-corrected chi connectivity index (χ0v) is 14.1. The summed E-state index contributed by atoms with van der Waals surface area (Å²) in [7, 11) is 0. The number of imidazole rings is 1. The van der Waals surface area contributed by atoms with Gasteiger partial charge in [-0.1, -0.05) is 42.5 Å². The minimum absolute atomic E-state index is 0.504. The molecule has 0 spiro atoms. The molecule has 1 aromatic heterocycles. The molecule has 0 amide bonds. The minimum Gasteiger partial charge on any atom is -0.387 e. The van der Waals surface area contributed by atoms with Crippen LogP contribution in [0.2, 0.25) is 0 Å². The number of nitrogens with zero attached hydrogens (tertiary/aromatic N) is 2. The van der Waals surface area contributed by atoms with E-state index in [0.717, 1.165) is 28.3 Å². The van der Waals surface area contributed by atoms with E-state index in [1.165, 1.54) is 0 Å². The second-order valence-electron chi connectivity index (χ2n) is 5.97. The van der Waals surface area contributed by atoms with Gasteiger partial charge in [-0.2, -0.15) is 0 Å². The van der Waals surface area contributed by atoms with Gasteiger partial charge in [0.05, 0.1) is 18.0 Å². The quantitative estimate of drug-likeness (QED) is 0.732. The van der Waals surface area contributed by atoms with Gasteiger partial charge in [0, 0.05) is 18.8 Å². The minimum atomic E-state index is -0.514. The maximum atomic E-state index is 10.4. The molecular formula is C20H23N3O. The third-order valence-corrected chi connectivity index (χ3v) is 4.22. The van der Waals surface area contributed by atoms with Crippen molar-refractivity contribution >= 4 is 0 Å². The van der Waals surface area contributed by atoms with Gasteiger partial charge in [0.25, 0.3) is 0 Å². The Labute approximate surface area is 142 Å². The molecule has 24 heavy (non-hydrogen) atoms. The highest BCUT2D eigenvalue weighted by Crippen LogP contribution is 2.17. The van der Waals surface area contributed by atoms with Crippen LogP contribution in [0.15, 0.2) is 60.8 Å². The third kappa shape index (κ3) is 3.55. The highest BCUT2D eigenvalue weighted by Gasteiger charge is 2.11. The molecule has 0 aliphatic heterocycles. The van der Waals surface area contributed by atoms with Crippen LogP contribution in [0.1, 0.15) is 28.7 Å². The molecule has 2 aromatic carbocycles. The van der Waals surface area contributed by atoms with Crippen LogP contribution in [0.4, 0.5) is 0 Å². The molecule has 2 N–H and O–H groups in total. The number of hydrogen-bond donors (Lipinski definition) is 2. The monoisotopic (exact) mass is 321 g/mol. The van der Waals surface area contributed by atoms with Gasteiger partial charge < -0.3 is 10.4 Å². The second kappa shape index (κ2) is 7.43. The number of aromatic nitrogens is 2. The van der Waals surface area contributed by atoms with Crippen LogP contribution in [0.3, 0.4) is 0 Å². The smallest absolute Gasteiger partial charge is 0.110 e. The number of aliphatic hydroxyl groups is 1. The van der Waals surface area contributed by atoms with E-state index in [9.17, 15) is 5.11 Å². The maximum absolute atomic E-state index is 10.4. The first-order valence-electron chi connectivity index (χ1n) is 8.20. The summed E-state index contributed by atoms with van der Waals surface area (Å²) in [6.45, 7) is 5.17. The van der Waals surface area contributed by atoms with Gasteiger partial charge in [0.2, 0.25) is 0 Å². The molecule has 0 aliphatic rings. The molecule has 0 bridgehead atoms. The first-order valence-corrected chi connectivity index (χ1v) is 8.20. The molecular weight excluding hydrogens is 298 g/mol. The number of benzene rings is 2. The lowest BCUT2D eigenvalue weighted by molar-refractivity contribution is 0.173. The summed E-state index contributed by atoms with van der Waals surface area (Å²) in [5.41, 5.74) is 4.26. The van der Waals surface area contributed by atoms with E-state index < -0.39 is 6.10 Å². The fourth-order valence-electron chi connectivity index (χ4n) is 2.95. The van der Waals surface area contributed by atoms with Crippen LogP contribution < -0.4 is 5.32 Å². The molecule has 0 aliphatic carbocycles. The van der Waals surface area contributed by atoms with Crippen molar-refractivity contribution < 1.29 is 5.11 Å². The lowest BCUT2D eigenvalue weighted by atomic mass is 10.0. The molecule has 0 radical (unpaired) electrons. The van der Waals surface area contributed by atoms with E-state index in [1.807, 2.05) is 62.5 Å². The molecule has 3 rings (SSSR count). The average molecular weight is 321 g/mol. The molecule has 0 saturated heterocycles. The van der Waals surface area contributed by atoms with Crippen LogP contribution in [0, 0.1) is 13.8 Å². The van der Waals surface area contributed by atoms with E-state index >= 15 is 0 Å². The molecule has 0 fully saturated rings. The Morgan fingerprint density at radius 3 is 2.50 bits per heavy atom. The van der Waals surface area contributed by atoms with Gasteiger partial charge in [-0.05, 0) is 37.1 Å². The van der Waals surface area contributed by atoms with E-state index in [-0.39, 0.29) is 0 Å². The first-order chi connectivity index (χ1) is 11.7. The Balaban J connectivity index is 1.67. The van der Waals surface area contributed by atoms with Gasteiger partial charge >= 0.3 is 0 Å². The number of rotatable bonds is 6. The van der Waals surface area contributed by atoms with Crippen LogP contribution in [-0.4, -0.2) is 21.2 Å². The largest absolute Gasteiger partial charge is 0.387 e. The topological polar surface area (TPSA) is 50.1 Å².